The van der Waals surface area contributed by atoms with E-state index in [1.165, 1.54) is 0 Å². The summed E-state index contributed by atoms with van der Waals surface area (Å²) in [5, 5.41) is 3.55. The third-order valence-electron chi connectivity index (χ3n) is 3.74. The van der Waals surface area contributed by atoms with E-state index in [2.05, 4.69) is 10.3 Å². The van der Waals surface area contributed by atoms with Gasteiger partial charge in [-0.2, -0.15) is 26.3 Å². The molecule has 2 aromatic carbocycles. The SMILES string of the molecule is FC(F)(F)c1cc(NCc2cccc3cc[nH]c23)cc(C(F)(F)F)c1. The van der Waals surface area contributed by atoms with Crippen LogP contribution >= 0.6 is 0 Å². The van der Waals surface area contributed by atoms with Gasteiger partial charge in [-0.1, -0.05) is 18.2 Å². The van der Waals surface area contributed by atoms with Crippen molar-refractivity contribution in [1.29, 1.82) is 0 Å². The van der Waals surface area contributed by atoms with E-state index in [1.54, 1.807) is 18.3 Å². The van der Waals surface area contributed by atoms with Gasteiger partial charge in [0, 0.05) is 18.4 Å². The number of H-pyrrole nitrogens is 1. The normalized spacial score (nSPS) is 12.6. The molecule has 0 aliphatic carbocycles. The summed E-state index contributed by atoms with van der Waals surface area (Å²) < 4.78 is 77.2. The molecule has 0 bridgehead atoms. The Balaban J connectivity index is 1.92. The molecule has 2 N–H and O–H groups in total. The average molecular weight is 358 g/mol. The van der Waals surface area contributed by atoms with Gasteiger partial charge in [0.1, 0.15) is 0 Å². The zero-order valence-electron chi connectivity index (χ0n) is 12.6. The molecule has 0 spiro atoms. The van der Waals surface area contributed by atoms with Gasteiger partial charge in [0.25, 0.3) is 0 Å². The van der Waals surface area contributed by atoms with Crippen LogP contribution in [0.3, 0.4) is 0 Å². The predicted octanol–water partition coefficient (Wildman–Crippen LogP) is 5.82. The second kappa shape index (κ2) is 6.02. The highest BCUT2D eigenvalue weighted by Gasteiger charge is 2.36. The molecule has 0 saturated heterocycles. The molecular formula is C17H12F6N2. The van der Waals surface area contributed by atoms with Crippen LogP contribution < -0.4 is 5.32 Å². The average Bonchev–Trinajstić information content (AvgIpc) is 3.00. The first-order valence-corrected chi connectivity index (χ1v) is 7.23. The van der Waals surface area contributed by atoms with Crippen molar-refractivity contribution in [1.82, 2.24) is 4.98 Å². The fraction of sp³-hybridized carbons (Fsp3) is 0.176. The van der Waals surface area contributed by atoms with Gasteiger partial charge in [-0.3, -0.25) is 0 Å². The van der Waals surface area contributed by atoms with Crippen LogP contribution in [-0.4, -0.2) is 4.98 Å². The number of anilines is 1. The molecule has 0 amide bonds. The van der Waals surface area contributed by atoms with Crippen molar-refractivity contribution in [3.63, 3.8) is 0 Å². The first-order chi connectivity index (χ1) is 11.6. The number of benzene rings is 2. The number of hydrogen-bond acceptors (Lipinski definition) is 1. The molecule has 3 aromatic rings. The summed E-state index contributed by atoms with van der Waals surface area (Å²) in [7, 11) is 0. The molecule has 0 aliphatic heterocycles. The van der Waals surface area contributed by atoms with E-state index in [1.807, 2.05) is 12.1 Å². The zero-order valence-corrected chi connectivity index (χ0v) is 12.6. The molecule has 3 rings (SSSR count). The fourth-order valence-electron chi connectivity index (χ4n) is 2.55. The number of para-hydroxylation sites is 1. The summed E-state index contributed by atoms with van der Waals surface area (Å²) in [5.74, 6) is 0. The van der Waals surface area contributed by atoms with Crippen LogP contribution in [0.4, 0.5) is 32.0 Å². The van der Waals surface area contributed by atoms with Crippen molar-refractivity contribution < 1.29 is 26.3 Å². The Bertz CT molecular complexity index is 860. The van der Waals surface area contributed by atoms with Crippen molar-refractivity contribution in [2.75, 3.05) is 5.32 Å². The number of aromatic nitrogens is 1. The van der Waals surface area contributed by atoms with Crippen molar-refractivity contribution in [3.05, 3.63) is 65.4 Å². The lowest BCUT2D eigenvalue weighted by Crippen LogP contribution is -2.12. The summed E-state index contributed by atoms with van der Waals surface area (Å²) in [5.41, 5.74) is -1.43. The van der Waals surface area contributed by atoms with E-state index in [0.717, 1.165) is 16.5 Å². The Hall–Kier alpha value is -2.64. The third-order valence-corrected chi connectivity index (χ3v) is 3.74. The minimum Gasteiger partial charge on any atom is -0.381 e. The van der Waals surface area contributed by atoms with Gasteiger partial charge >= 0.3 is 12.4 Å². The number of hydrogen-bond donors (Lipinski definition) is 2. The molecule has 0 radical (unpaired) electrons. The van der Waals surface area contributed by atoms with Gasteiger partial charge in [0.2, 0.25) is 0 Å². The predicted molar refractivity (Wildman–Crippen MR) is 82.1 cm³/mol. The summed E-state index contributed by atoms with van der Waals surface area (Å²) in [4.78, 5) is 3.00. The van der Waals surface area contributed by atoms with Crippen LogP contribution in [0.15, 0.2) is 48.7 Å². The number of fused-ring (bicyclic) bond motifs is 1. The Labute approximate surface area is 138 Å². The molecule has 1 heterocycles. The first-order valence-electron chi connectivity index (χ1n) is 7.23. The molecule has 132 valence electrons. The smallest absolute Gasteiger partial charge is 0.381 e. The maximum atomic E-state index is 12.9. The third kappa shape index (κ3) is 3.72. The van der Waals surface area contributed by atoms with Gasteiger partial charge in [-0.25, -0.2) is 0 Å². The van der Waals surface area contributed by atoms with Gasteiger partial charge in [-0.05, 0) is 35.2 Å². The fourth-order valence-corrected chi connectivity index (χ4v) is 2.55. The Kier molecular flexibility index (Phi) is 4.14. The van der Waals surface area contributed by atoms with Gasteiger partial charge in [0.05, 0.1) is 16.6 Å². The zero-order chi connectivity index (χ0) is 18.2. The van der Waals surface area contributed by atoms with E-state index < -0.39 is 23.5 Å². The molecule has 1 aromatic heterocycles. The maximum absolute atomic E-state index is 12.9. The van der Waals surface area contributed by atoms with Crippen molar-refractivity contribution in [3.8, 4) is 0 Å². The molecule has 0 atom stereocenters. The van der Waals surface area contributed by atoms with E-state index in [-0.39, 0.29) is 18.3 Å². The van der Waals surface area contributed by atoms with E-state index >= 15 is 0 Å². The van der Waals surface area contributed by atoms with Crippen LogP contribution in [0.1, 0.15) is 16.7 Å². The quantitative estimate of drug-likeness (QED) is 0.568. The Morgan fingerprint density at radius 2 is 1.48 bits per heavy atom. The van der Waals surface area contributed by atoms with Crippen LogP contribution in [0, 0.1) is 0 Å². The minimum absolute atomic E-state index is 0.0798. The van der Waals surface area contributed by atoms with E-state index in [9.17, 15) is 26.3 Å². The summed E-state index contributed by atoms with van der Waals surface area (Å²) in [6.45, 7) is 0.0798. The van der Waals surface area contributed by atoms with Gasteiger partial charge < -0.3 is 10.3 Å². The number of alkyl halides is 6. The lowest BCUT2D eigenvalue weighted by Gasteiger charge is -2.15. The van der Waals surface area contributed by atoms with Crippen molar-refractivity contribution in [2.45, 2.75) is 18.9 Å². The Morgan fingerprint density at radius 1 is 0.840 bits per heavy atom. The topological polar surface area (TPSA) is 27.8 Å². The first kappa shape index (κ1) is 17.2. The van der Waals surface area contributed by atoms with Crippen LogP contribution in [0.2, 0.25) is 0 Å². The summed E-state index contributed by atoms with van der Waals surface area (Å²) in [6.07, 6.45) is -8.02. The Morgan fingerprint density at radius 3 is 2.08 bits per heavy atom. The molecule has 0 fully saturated rings. The highest BCUT2D eigenvalue weighted by Crippen LogP contribution is 2.37. The van der Waals surface area contributed by atoms with E-state index in [4.69, 9.17) is 0 Å². The summed E-state index contributed by atoms with van der Waals surface area (Å²) in [6, 6.07) is 8.63. The van der Waals surface area contributed by atoms with Crippen LogP contribution in [0.5, 0.6) is 0 Å². The van der Waals surface area contributed by atoms with Crippen molar-refractivity contribution >= 4 is 16.6 Å². The monoisotopic (exact) mass is 358 g/mol. The lowest BCUT2D eigenvalue weighted by atomic mass is 10.1. The van der Waals surface area contributed by atoms with Crippen LogP contribution in [-0.2, 0) is 18.9 Å². The molecule has 0 aliphatic rings. The maximum Gasteiger partial charge on any atom is 0.416 e. The largest absolute Gasteiger partial charge is 0.416 e. The van der Waals surface area contributed by atoms with Gasteiger partial charge in [-0.15, -0.1) is 0 Å². The number of aromatic amines is 1. The van der Waals surface area contributed by atoms with Crippen molar-refractivity contribution in [2.24, 2.45) is 0 Å². The molecule has 0 unspecified atom stereocenters. The number of rotatable bonds is 3. The standard InChI is InChI=1S/C17H12F6N2/c18-16(19,20)12-6-13(17(21,22)23)8-14(7-12)25-9-11-3-1-2-10-4-5-24-15(10)11/h1-8,24-25H,9H2. The molecule has 8 heteroatoms. The van der Waals surface area contributed by atoms with E-state index in [0.29, 0.717) is 12.1 Å². The van der Waals surface area contributed by atoms with Gasteiger partial charge in [0.15, 0.2) is 0 Å². The molecular weight excluding hydrogens is 346 g/mol. The molecule has 0 saturated carbocycles. The highest BCUT2D eigenvalue weighted by molar-refractivity contribution is 5.82. The minimum atomic E-state index is -4.86. The van der Waals surface area contributed by atoms with Crippen LogP contribution in [0.25, 0.3) is 10.9 Å². The molecule has 2 nitrogen and oxygen atoms in total. The lowest BCUT2D eigenvalue weighted by molar-refractivity contribution is -0.143. The highest BCUT2D eigenvalue weighted by atomic mass is 19.4. The number of nitrogens with one attached hydrogen (secondary N) is 2. The molecule has 25 heavy (non-hydrogen) atoms. The number of halogens is 6. The summed E-state index contributed by atoms with van der Waals surface area (Å²) >= 11 is 0. The second-order valence-electron chi connectivity index (χ2n) is 5.51. The second-order valence-corrected chi connectivity index (χ2v) is 5.51.